The quantitative estimate of drug-likeness (QED) is 0.139. The molecule has 0 aromatic heterocycles. The Kier molecular flexibility index (Phi) is 11.8. The molecule has 2 aliphatic carbocycles. The van der Waals surface area contributed by atoms with Crippen molar-refractivity contribution in [3.8, 4) is 0 Å². The van der Waals surface area contributed by atoms with Crippen LogP contribution in [0.4, 0.5) is 9.18 Å². The van der Waals surface area contributed by atoms with Gasteiger partial charge < -0.3 is 25.4 Å². The average Bonchev–Trinajstić information content (AvgIpc) is 3.92. The van der Waals surface area contributed by atoms with Gasteiger partial charge in [0.05, 0.1) is 22.8 Å². The third kappa shape index (κ3) is 10.5. The number of carbonyl (C=O) groups is 5. The second-order valence-corrected chi connectivity index (χ2v) is 16.3. The Morgan fingerprint density at radius 2 is 1.78 bits per heavy atom. The smallest absolute Gasteiger partial charge is 0.408 e. The van der Waals surface area contributed by atoms with Crippen LogP contribution in [0.15, 0.2) is 36.4 Å². The SMILES string of the molecule is CC(C)(C)OC(=O)N[C@@H](CCCCC/C=C\[C@@H]1C[C@]1(C)C(=O)NS(=O)(=O)C1CC1)C(=O)N1CC(OC(=O)c2ccc(F)cc2)C[C@H]1C(N)=O. The zero-order valence-corrected chi connectivity index (χ0v) is 29.2. The van der Waals surface area contributed by atoms with Gasteiger partial charge in [0.2, 0.25) is 27.7 Å². The van der Waals surface area contributed by atoms with Gasteiger partial charge in [-0.15, -0.1) is 0 Å². The lowest BCUT2D eigenvalue weighted by molar-refractivity contribution is -0.139. The highest BCUT2D eigenvalue weighted by atomic mass is 32.2. The molecule has 1 unspecified atom stereocenters. The summed E-state index contributed by atoms with van der Waals surface area (Å²) in [4.78, 5) is 65.2. The lowest BCUT2D eigenvalue weighted by Gasteiger charge is -2.28. The maximum atomic E-state index is 13.8. The molecule has 0 radical (unpaired) electrons. The molecule has 5 atom stereocenters. The molecule has 1 heterocycles. The number of hydrogen-bond acceptors (Lipinski definition) is 9. The Bertz CT molecular complexity index is 1560. The van der Waals surface area contributed by atoms with E-state index in [-0.39, 0.29) is 30.9 Å². The first-order chi connectivity index (χ1) is 22.9. The number of carbonyl (C=O) groups excluding carboxylic acids is 5. The van der Waals surface area contributed by atoms with Crippen molar-refractivity contribution in [2.75, 3.05) is 6.54 Å². The van der Waals surface area contributed by atoms with Crippen LogP contribution in [0.2, 0.25) is 0 Å². The molecule has 1 aromatic carbocycles. The summed E-state index contributed by atoms with van der Waals surface area (Å²) in [7, 11) is -3.59. The van der Waals surface area contributed by atoms with Crippen molar-refractivity contribution in [3.05, 3.63) is 47.8 Å². The lowest BCUT2D eigenvalue weighted by Crippen LogP contribution is -2.53. The maximum Gasteiger partial charge on any atom is 0.408 e. The molecule has 49 heavy (non-hydrogen) atoms. The van der Waals surface area contributed by atoms with E-state index < -0.39 is 80.1 Å². The van der Waals surface area contributed by atoms with Gasteiger partial charge in [0, 0.05) is 6.42 Å². The summed E-state index contributed by atoms with van der Waals surface area (Å²) in [5, 5.41) is 2.17. The fourth-order valence-corrected chi connectivity index (χ4v) is 7.22. The van der Waals surface area contributed by atoms with E-state index in [9.17, 15) is 36.8 Å². The second kappa shape index (κ2) is 15.3. The number of esters is 1. The molecule has 270 valence electrons. The third-order valence-corrected chi connectivity index (χ3v) is 10.8. The van der Waals surface area contributed by atoms with Crippen LogP contribution in [0.5, 0.6) is 0 Å². The van der Waals surface area contributed by atoms with Gasteiger partial charge in [-0.05, 0) is 89.5 Å². The fraction of sp³-hybridized carbons (Fsp3) is 0.618. The summed E-state index contributed by atoms with van der Waals surface area (Å²) >= 11 is 0. The predicted molar refractivity (Wildman–Crippen MR) is 177 cm³/mol. The first kappa shape index (κ1) is 37.8. The van der Waals surface area contributed by atoms with E-state index >= 15 is 0 Å². The normalized spacial score (nSPS) is 24.3. The highest BCUT2D eigenvalue weighted by molar-refractivity contribution is 7.90. The number of nitrogens with two attached hydrogens (primary N) is 1. The Labute approximate surface area is 286 Å². The Hall–Kier alpha value is -4.01. The molecule has 1 aliphatic heterocycles. The minimum atomic E-state index is -3.59. The molecule has 0 spiro atoms. The van der Waals surface area contributed by atoms with Crippen molar-refractivity contribution in [2.45, 2.75) is 115 Å². The van der Waals surface area contributed by atoms with Gasteiger partial charge in [0.1, 0.15) is 29.6 Å². The number of primary amides is 1. The van der Waals surface area contributed by atoms with Gasteiger partial charge in [-0.25, -0.2) is 22.4 Å². The molecule has 4 N–H and O–H groups in total. The highest BCUT2D eigenvalue weighted by Crippen LogP contribution is 2.53. The van der Waals surface area contributed by atoms with Gasteiger partial charge in [-0.2, -0.15) is 0 Å². The van der Waals surface area contributed by atoms with Crippen molar-refractivity contribution < 1.29 is 46.3 Å². The largest absolute Gasteiger partial charge is 0.457 e. The van der Waals surface area contributed by atoms with Crippen LogP contribution in [0.1, 0.15) is 95.8 Å². The summed E-state index contributed by atoms with van der Waals surface area (Å²) < 4.78 is 50.7. The number of nitrogens with zero attached hydrogens (tertiary/aromatic N) is 1. The van der Waals surface area contributed by atoms with E-state index in [1.807, 2.05) is 12.2 Å². The molecule has 3 fully saturated rings. The Morgan fingerprint density at radius 1 is 1.10 bits per heavy atom. The van der Waals surface area contributed by atoms with Crippen LogP contribution in [0, 0.1) is 17.2 Å². The highest BCUT2D eigenvalue weighted by Gasteiger charge is 2.56. The van der Waals surface area contributed by atoms with Gasteiger partial charge in [0.25, 0.3) is 0 Å². The molecule has 1 aromatic rings. The van der Waals surface area contributed by atoms with E-state index in [0.717, 1.165) is 18.6 Å². The van der Waals surface area contributed by atoms with Crippen molar-refractivity contribution in [2.24, 2.45) is 17.1 Å². The zero-order valence-electron chi connectivity index (χ0n) is 28.4. The first-order valence-corrected chi connectivity index (χ1v) is 18.2. The molecule has 0 bridgehead atoms. The van der Waals surface area contributed by atoms with Gasteiger partial charge >= 0.3 is 12.1 Å². The summed E-state index contributed by atoms with van der Waals surface area (Å²) in [6.07, 6.45) is 6.89. The molecule has 4 amide bonds. The molecule has 3 aliphatic rings. The number of unbranched alkanes of at least 4 members (excludes halogenated alkanes) is 3. The number of likely N-dealkylation sites (tertiary alicyclic amines) is 1. The standard InChI is InChI=1S/C34H47FN4O9S/c1-33(2,3)48-32(44)37-26(11-9-7-5-6-8-10-22-19-34(22,4)31(43)38-49(45,46)25-16-17-25)29(41)39-20-24(18-27(39)28(36)40)47-30(42)21-12-14-23(35)15-13-21/h8,10,12-15,22,24-27H,5-7,9,11,16-20H2,1-4H3,(H2,36,40)(H,37,44)(H,38,43)/b10-8-/t22-,24?,26+,27+,34+/m1/s1. The van der Waals surface area contributed by atoms with Crippen molar-refractivity contribution in [3.63, 3.8) is 0 Å². The summed E-state index contributed by atoms with van der Waals surface area (Å²) in [6.45, 7) is 6.70. The van der Waals surface area contributed by atoms with Crippen LogP contribution in [-0.2, 0) is 33.9 Å². The lowest BCUT2D eigenvalue weighted by atomic mass is 10.0. The van der Waals surface area contributed by atoms with Crippen molar-refractivity contribution in [1.29, 1.82) is 0 Å². The number of ether oxygens (including phenoxy) is 2. The number of hydrogen-bond donors (Lipinski definition) is 3. The summed E-state index contributed by atoms with van der Waals surface area (Å²) in [5.41, 5.74) is 4.16. The number of alkyl carbamates (subject to hydrolysis) is 1. The minimum absolute atomic E-state index is 0.0302. The fourth-order valence-electron chi connectivity index (χ4n) is 5.80. The molecule has 2 saturated carbocycles. The van der Waals surface area contributed by atoms with E-state index in [2.05, 4.69) is 10.0 Å². The van der Waals surface area contributed by atoms with Crippen molar-refractivity contribution >= 4 is 39.8 Å². The van der Waals surface area contributed by atoms with Crippen LogP contribution in [-0.4, -0.2) is 78.7 Å². The number of sulfonamides is 1. The van der Waals surface area contributed by atoms with E-state index in [4.69, 9.17) is 15.2 Å². The minimum Gasteiger partial charge on any atom is -0.457 e. The third-order valence-electron chi connectivity index (χ3n) is 8.97. The van der Waals surface area contributed by atoms with E-state index in [1.165, 1.54) is 17.0 Å². The van der Waals surface area contributed by atoms with Crippen molar-refractivity contribution in [1.82, 2.24) is 14.9 Å². The summed E-state index contributed by atoms with van der Waals surface area (Å²) in [6, 6.07) is 2.65. The zero-order chi connectivity index (χ0) is 36.1. The van der Waals surface area contributed by atoms with Gasteiger partial charge in [-0.3, -0.25) is 19.1 Å². The second-order valence-electron chi connectivity index (χ2n) is 14.3. The molecular weight excluding hydrogens is 659 g/mol. The van der Waals surface area contributed by atoms with Crippen LogP contribution < -0.4 is 15.8 Å². The predicted octanol–water partition coefficient (Wildman–Crippen LogP) is 3.47. The topological polar surface area (TPSA) is 191 Å². The van der Waals surface area contributed by atoms with Gasteiger partial charge in [-0.1, -0.05) is 31.9 Å². The molecule has 1 saturated heterocycles. The van der Waals surface area contributed by atoms with Crippen LogP contribution >= 0.6 is 0 Å². The summed E-state index contributed by atoms with van der Waals surface area (Å²) in [5.74, 6) is -3.11. The van der Waals surface area contributed by atoms with E-state index in [0.29, 0.717) is 38.5 Å². The number of nitrogens with one attached hydrogen (secondary N) is 2. The number of benzene rings is 1. The van der Waals surface area contributed by atoms with Gasteiger partial charge in [0.15, 0.2) is 0 Å². The van der Waals surface area contributed by atoms with Crippen LogP contribution in [0.25, 0.3) is 0 Å². The maximum absolute atomic E-state index is 13.8. The number of rotatable bonds is 15. The number of amides is 4. The molecule has 15 heteroatoms. The number of allylic oxidation sites excluding steroid dienone is 2. The average molecular weight is 707 g/mol. The molecule has 13 nitrogen and oxygen atoms in total. The van der Waals surface area contributed by atoms with E-state index in [1.54, 1.807) is 27.7 Å². The molecule has 4 rings (SSSR count). The van der Waals surface area contributed by atoms with Crippen LogP contribution in [0.3, 0.4) is 0 Å². The molecular formula is C34H47FN4O9S. The first-order valence-electron chi connectivity index (χ1n) is 16.7. The monoisotopic (exact) mass is 706 g/mol. The Morgan fingerprint density at radius 3 is 2.39 bits per heavy atom. The Balaban J connectivity index is 1.29. The number of halogens is 1.